The van der Waals surface area contributed by atoms with E-state index in [1.54, 1.807) is 0 Å². The molecule has 6 heteroatoms. The maximum absolute atomic E-state index is 5.37. The number of fused-ring (bicyclic) bond motifs is 6. The molecule has 2 aliphatic rings. The molecule has 6 nitrogen and oxygen atoms in total. The summed E-state index contributed by atoms with van der Waals surface area (Å²) in [5.41, 5.74) is 17.5. The fraction of sp³-hybridized carbons (Fsp3) is 0.162. The third-order valence-corrected chi connectivity index (χ3v) is 18.2. The van der Waals surface area contributed by atoms with Gasteiger partial charge >= 0.3 is 0 Å². The van der Waals surface area contributed by atoms with Crippen LogP contribution in [-0.4, -0.2) is 43.0 Å². The summed E-state index contributed by atoms with van der Waals surface area (Å²) in [5, 5.41) is 4.85. The number of aliphatic imine (C=N–C) groups is 2. The molecule has 0 radical (unpaired) electrons. The summed E-state index contributed by atoms with van der Waals surface area (Å²) in [4.78, 5) is 15.6. The highest BCUT2D eigenvalue weighted by atomic mass is 15.3. The van der Waals surface area contributed by atoms with Gasteiger partial charge in [0, 0.05) is 55.4 Å². The second-order valence-electron chi connectivity index (χ2n) is 23.9. The van der Waals surface area contributed by atoms with E-state index in [2.05, 4.69) is 317 Å². The molecular formula is C74H64N6. The topological polar surface area (TPSA) is 41.1 Å². The molecule has 12 aromatic rings. The summed E-state index contributed by atoms with van der Waals surface area (Å²) in [6.45, 7) is 18.1. The second kappa shape index (κ2) is 18.2. The van der Waals surface area contributed by atoms with Crippen molar-refractivity contribution in [1.29, 1.82) is 0 Å². The molecule has 2 aromatic heterocycles. The molecule has 0 saturated carbocycles. The predicted molar refractivity (Wildman–Crippen MR) is 339 cm³/mol. The van der Waals surface area contributed by atoms with Crippen molar-refractivity contribution >= 4 is 66.7 Å². The number of hydrogen-bond donors (Lipinski definition) is 0. The van der Waals surface area contributed by atoms with Crippen molar-refractivity contribution in [3.63, 3.8) is 0 Å². The van der Waals surface area contributed by atoms with E-state index in [-0.39, 0.29) is 22.2 Å². The first-order valence-corrected chi connectivity index (χ1v) is 28.1. The Hall–Kier alpha value is -9.26. The summed E-state index contributed by atoms with van der Waals surface area (Å²) >= 11 is 0. The average Bonchev–Trinajstić information content (AvgIpc) is 4.16. The van der Waals surface area contributed by atoms with Crippen LogP contribution in [0, 0.1) is 0 Å². The van der Waals surface area contributed by atoms with Crippen LogP contribution < -0.4 is 9.80 Å². The number of hydrogen-bond acceptors (Lipinski definition) is 4. The number of rotatable bonds is 9. The molecule has 0 N–H and O–H groups in total. The van der Waals surface area contributed by atoms with Crippen LogP contribution in [0.25, 0.3) is 88.4 Å². The Morgan fingerprint density at radius 3 is 0.775 bits per heavy atom. The first kappa shape index (κ1) is 49.1. The summed E-state index contributed by atoms with van der Waals surface area (Å²) in [7, 11) is 0. The third kappa shape index (κ3) is 7.67. The summed E-state index contributed by atoms with van der Waals surface area (Å²) in [5.74, 6) is 2.00. The van der Waals surface area contributed by atoms with Crippen LogP contribution in [0.1, 0.15) is 66.5 Å². The fourth-order valence-corrected chi connectivity index (χ4v) is 12.5. The van der Waals surface area contributed by atoms with Gasteiger partial charge in [0.15, 0.2) is 0 Å². The Morgan fingerprint density at radius 2 is 0.487 bits per heavy atom. The van der Waals surface area contributed by atoms with Gasteiger partial charge in [0.25, 0.3) is 0 Å². The van der Waals surface area contributed by atoms with E-state index in [0.717, 1.165) is 56.7 Å². The molecule has 0 spiro atoms. The molecule has 2 aliphatic heterocycles. The minimum atomic E-state index is -0.285. The average molecular weight is 1040 g/mol. The molecule has 0 atom stereocenters. The quantitative estimate of drug-likeness (QED) is 0.145. The van der Waals surface area contributed by atoms with Crippen LogP contribution in [0.15, 0.2) is 253 Å². The fourth-order valence-electron chi connectivity index (χ4n) is 12.5. The molecular weight excluding hydrogens is 973 g/mol. The van der Waals surface area contributed by atoms with Crippen molar-refractivity contribution in [2.24, 2.45) is 9.98 Å². The standard InChI is InChI=1S/C74H64N6/c1-71(2)73(5,6)79(59-25-17-11-18-26-59)69(75-71)51-33-29-49(30-34-51)53-37-41-65-61(45-53)63-47-55(39-43-67(63)77(65)57-21-13-9-14-22-57)56-40-44-68-64(48-56)62-46-54(38-42-66(62)78(68)58-23-15-10-16-24-58)50-31-35-52(36-32-50)70-76-72(3,4)74(7,8)80(70)60-27-19-12-20-28-60/h9-48H,1-8H3. The minimum absolute atomic E-state index is 0.224. The Kier molecular flexibility index (Phi) is 11.1. The number of amidine groups is 2. The zero-order valence-electron chi connectivity index (χ0n) is 46.8. The third-order valence-electron chi connectivity index (χ3n) is 18.2. The molecule has 10 aromatic carbocycles. The molecule has 14 rings (SSSR count). The van der Waals surface area contributed by atoms with Gasteiger partial charge in [-0.15, -0.1) is 0 Å². The van der Waals surface area contributed by atoms with Gasteiger partial charge in [-0.05, 0) is 186 Å². The van der Waals surface area contributed by atoms with Crippen LogP contribution in [-0.2, 0) is 0 Å². The van der Waals surface area contributed by atoms with Crippen molar-refractivity contribution < 1.29 is 0 Å². The molecule has 0 fully saturated rings. The summed E-state index contributed by atoms with van der Waals surface area (Å²) in [6, 6.07) is 88.8. The Labute approximate surface area is 469 Å². The van der Waals surface area contributed by atoms with Crippen LogP contribution in [0.3, 0.4) is 0 Å². The zero-order valence-corrected chi connectivity index (χ0v) is 46.8. The van der Waals surface area contributed by atoms with Gasteiger partial charge in [-0.1, -0.05) is 146 Å². The van der Waals surface area contributed by atoms with Crippen molar-refractivity contribution in [2.75, 3.05) is 9.80 Å². The lowest BCUT2D eigenvalue weighted by molar-refractivity contribution is 0.338. The van der Waals surface area contributed by atoms with Crippen LogP contribution in [0.4, 0.5) is 11.4 Å². The number of anilines is 2. The normalized spacial score (nSPS) is 16.2. The number of benzene rings is 10. The minimum Gasteiger partial charge on any atom is -0.318 e. The molecule has 80 heavy (non-hydrogen) atoms. The smallest absolute Gasteiger partial charge is 0.136 e. The molecule has 0 saturated heterocycles. The lowest BCUT2D eigenvalue weighted by Gasteiger charge is -2.41. The van der Waals surface area contributed by atoms with Gasteiger partial charge in [-0.25, -0.2) is 0 Å². The maximum Gasteiger partial charge on any atom is 0.136 e. The van der Waals surface area contributed by atoms with Gasteiger partial charge in [0.05, 0.1) is 44.2 Å². The van der Waals surface area contributed by atoms with E-state index in [1.807, 2.05) is 0 Å². The SMILES string of the molecule is CC1(C)N=C(c2ccc(-c3ccc4c(c3)c3cc(-c5ccc6c(c5)c5cc(-c7ccc(C8=NC(C)(C)C(C)(C)N8c8ccccc8)cc7)ccc5n6-c5ccccc5)ccc3n4-c3ccccc3)cc2)N(c2ccccc2)C1(C)C. The van der Waals surface area contributed by atoms with E-state index in [1.165, 1.54) is 65.9 Å². The Bertz CT molecular complexity index is 4140. The van der Waals surface area contributed by atoms with Crippen molar-refractivity contribution in [1.82, 2.24) is 9.13 Å². The van der Waals surface area contributed by atoms with Crippen molar-refractivity contribution in [3.05, 3.63) is 254 Å². The van der Waals surface area contributed by atoms with Crippen LogP contribution in [0.2, 0.25) is 0 Å². The highest BCUT2D eigenvalue weighted by Crippen LogP contribution is 2.46. The monoisotopic (exact) mass is 1040 g/mol. The molecule has 0 amide bonds. The van der Waals surface area contributed by atoms with E-state index >= 15 is 0 Å². The number of aromatic nitrogens is 2. The van der Waals surface area contributed by atoms with Gasteiger partial charge < -0.3 is 18.9 Å². The lowest BCUT2D eigenvalue weighted by Crippen LogP contribution is -2.53. The number of nitrogens with zero attached hydrogens (tertiary/aromatic N) is 6. The van der Waals surface area contributed by atoms with Crippen LogP contribution >= 0.6 is 0 Å². The molecule has 0 unspecified atom stereocenters. The zero-order chi connectivity index (χ0) is 54.7. The van der Waals surface area contributed by atoms with Gasteiger partial charge in [0.2, 0.25) is 0 Å². The summed E-state index contributed by atoms with van der Waals surface area (Å²) in [6.07, 6.45) is 0. The highest BCUT2D eigenvalue weighted by molar-refractivity contribution is 6.16. The summed E-state index contributed by atoms with van der Waals surface area (Å²) < 4.78 is 4.82. The first-order valence-electron chi connectivity index (χ1n) is 28.1. The highest BCUT2D eigenvalue weighted by Gasteiger charge is 2.51. The second-order valence-corrected chi connectivity index (χ2v) is 23.9. The lowest BCUT2D eigenvalue weighted by atomic mass is 9.83. The molecule has 0 aliphatic carbocycles. The Morgan fingerprint density at radius 1 is 0.250 bits per heavy atom. The Balaban J connectivity index is 0.861. The van der Waals surface area contributed by atoms with Gasteiger partial charge in [-0.2, -0.15) is 0 Å². The van der Waals surface area contributed by atoms with Gasteiger partial charge in [0.1, 0.15) is 11.7 Å². The van der Waals surface area contributed by atoms with E-state index in [4.69, 9.17) is 9.98 Å². The van der Waals surface area contributed by atoms with Crippen LogP contribution in [0.5, 0.6) is 0 Å². The number of para-hydroxylation sites is 4. The largest absolute Gasteiger partial charge is 0.318 e. The van der Waals surface area contributed by atoms with E-state index in [9.17, 15) is 0 Å². The van der Waals surface area contributed by atoms with E-state index in [0.29, 0.717) is 0 Å². The van der Waals surface area contributed by atoms with E-state index < -0.39 is 0 Å². The van der Waals surface area contributed by atoms with Crippen molar-refractivity contribution in [3.8, 4) is 44.8 Å². The molecule has 4 heterocycles. The molecule has 0 bridgehead atoms. The van der Waals surface area contributed by atoms with Crippen molar-refractivity contribution in [2.45, 2.75) is 77.5 Å². The molecule has 390 valence electrons. The maximum atomic E-state index is 5.37. The first-order chi connectivity index (χ1) is 38.7. The van der Waals surface area contributed by atoms with Gasteiger partial charge in [-0.3, -0.25) is 9.98 Å². The predicted octanol–water partition coefficient (Wildman–Crippen LogP) is 18.5.